The van der Waals surface area contributed by atoms with Gasteiger partial charge in [0.1, 0.15) is 29.6 Å². The van der Waals surface area contributed by atoms with Gasteiger partial charge in [-0.05, 0) is 43.7 Å². The summed E-state index contributed by atoms with van der Waals surface area (Å²) >= 11 is 1.65. The topological polar surface area (TPSA) is 65.7 Å². The molecular formula is C16H13N5OS. The lowest BCUT2D eigenvalue weighted by molar-refractivity contribution is 0.468. The quantitative estimate of drug-likeness (QED) is 0.575. The molecule has 0 bridgehead atoms. The normalized spacial score (nSPS) is 11.0. The van der Waals surface area contributed by atoms with Gasteiger partial charge in [0, 0.05) is 4.88 Å². The molecule has 3 heterocycles. The number of thiophene rings is 1. The maximum absolute atomic E-state index is 5.97. The largest absolute Gasteiger partial charge is 0.438 e. The van der Waals surface area contributed by atoms with E-state index in [2.05, 4.69) is 33.9 Å². The number of fused-ring (bicyclic) bond motifs is 1. The Labute approximate surface area is 136 Å². The lowest BCUT2D eigenvalue weighted by Gasteiger charge is -2.07. The first kappa shape index (κ1) is 13.8. The molecule has 23 heavy (non-hydrogen) atoms. The molecule has 4 rings (SSSR count). The van der Waals surface area contributed by atoms with Crippen LogP contribution in [0.2, 0.25) is 0 Å². The molecule has 0 amide bonds. The maximum Gasteiger partial charge on any atom is 0.231 e. The first-order valence-electron chi connectivity index (χ1n) is 7.06. The van der Waals surface area contributed by atoms with Crippen molar-refractivity contribution in [3.8, 4) is 17.3 Å². The molecule has 1 aromatic carbocycles. The van der Waals surface area contributed by atoms with E-state index in [0.717, 1.165) is 21.7 Å². The second-order valence-corrected chi connectivity index (χ2v) is 6.28. The van der Waals surface area contributed by atoms with Gasteiger partial charge < -0.3 is 4.74 Å². The second-order valence-electron chi connectivity index (χ2n) is 5.08. The predicted molar refractivity (Wildman–Crippen MR) is 88.3 cm³/mol. The van der Waals surface area contributed by atoms with Gasteiger partial charge in [-0.1, -0.05) is 0 Å². The van der Waals surface area contributed by atoms with Crippen molar-refractivity contribution in [2.45, 2.75) is 13.8 Å². The van der Waals surface area contributed by atoms with Gasteiger partial charge in [-0.3, -0.25) is 0 Å². The third kappa shape index (κ3) is 2.44. The van der Waals surface area contributed by atoms with Gasteiger partial charge in [0.2, 0.25) is 5.88 Å². The summed E-state index contributed by atoms with van der Waals surface area (Å²) < 4.78 is 7.66. The average molecular weight is 323 g/mol. The van der Waals surface area contributed by atoms with Crippen LogP contribution in [0.25, 0.3) is 15.9 Å². The van der Waals surface area contributed by atoms with Crippen molar-refractivity contribution in [3.05, 3.63) is 53.7 Å². The molecule has 114 valence electrons. The van der Waals surface area contributed by atoms with E-state index < -0.39 is 0 Å². The van der Waals surface area contributed by atoms with Crippen LogP contribution in [0.5, 0.6) is 11.6 Å². The van der Waals surface area contributed by atoms with Crippen molar-refractivity contribution >= 4 is 21.6 Å². The molecule has 0 aliphatic carbocycles. The Morgan fingerprint density at radius 1 is 1.04 bits per heavy atom. The van der Waals surface area contributed by atoms with Gasteiger partial charge in [-0.25, -0.2) is 19.6 Å². The Balaban J connectivity index is 1.68. The fourth-order valence-electron chi connectivity index (χ4n) is 2.35. The molecule has 0 atom stereocenters. The summed E-state index contributed by atoms with van der Waals surface area (Å²) in [4.78, 5) is 14.7. The summed E-state index contributed by atoms with van der Waals surface area (Å²) in [5, 5.41) is 5.08. The van der Waals surface area contributed by atoms with Crippen LogP contribution in [0, 0.1) is 13.8 Å². The van der Waals surface area contributed by atoms with Crippen molar-refractivity contribution in [2.75, 3.05) is 0 Å². The molecule has 3 aromatic heterocycles. The number of aryl methyl sites for hydroxylation is 2. The fraction of sp³-hybridized carbons (Fsp3) is 0.125. The lowest BCUT2D eigenvalue weighted by Crippen LogP contribution is -1.94. The third-order valence-electron chi connectivity index (χ3n) is 3.67. The Morgan fingerprint density at radius 3 is 2.61 bits per heavy atom. The highest BCUT2D eigenvalue weighted by Gasteiger charge is 2.13. The van der Waals surface area contributed by atoms with E-state index in [-0.39, 0.29) is 0 Å². The van der Waals surface area contributed by atoms with Crippen LogP contribution >= 0.6 is 11.3 Å². The standard InChI is InChI=1S/C16H13N5OS/c1-10-11(2)23-16-14(10)15(18-8-19-16)22-13-5-3-12(4-6-13)21-9-17-7-20-21/h3-9H,1-2H3. The zero-order valence-corrected chi connectivity index (χ0v) is 13.4. The molecule has 0 spiro atoms. The van der Waals surface area contributed by atoms with E-state index in [1.54, 1.807) is 22.3 Å². The molecule has 0 N–H and O–H groups in total. The zero-order chi connectivity index (χ0) is 15.8. The van der Waals surface area contributed by atoms with E-state index >= 15 is 0 Å². The van der Waals surface area contributed by atoms with Crippen LogP contribution in [-0.4, -0.2) is 24.7 Å². The summed E-state index contributed by atoms with van der Waals surface area (Å²) in [5.41, 5.74) is 2.09. The van der Waals surface area contributed by atoms with Crippen LogP contribution in [0.4, 0.5) is 0 Å². The van der Waals surface area contributed by atoms with E-state index in [1.165, 1.54) is 23.1 Å². The highest BCUT2D eigenvalue weighted by molar-refractivity contribution is 7.18. The van der Waals surface area contributed by atoms with Gasteiger partial charge in [0.15, 0.2) is 0 Å². The predicted octanol–water partition coefficient (Wildman–Crippen LogP) is 3.68. The van der Waals surface area contributed by atoms with Crippen LogP contribution in [-0.2, 0) is 0 Å². The summed E-state index contributed by atoms with van der Waals surface area (Å²) in [6, 6.07) is 7.63. The van der Waals surface area contributed by atoms with Gasteiger partial charge in [-0.2, -0.15) is 5.10 Å². The summed E-state index contributed by atoms with van der Waals surface area (Å²) in [5.74, 6) is 1.31. The molecule has 0 saturated heterocycles. The molecule has 0 saturated carbocycles. The van der Waals surface area contributed by atoms with Gasteiger partial charge in [0.25, 0.3) is 0 Å². The minimum atomic E-state index is 0.588. The number of nitrogens with zero attached hydrogens (tertiary/aromatic N) is 5. The first-order chi connectivity index (χ1) is 11.2. The number of rotatable bonds is 3. The summed E-state index contributed by atoms with van der Waals surface area (Å²) in [6.45, 7) is 4.15. The van der Waals surface area contributed by atoms with Gasteiger partial charge in [0.05, 0.1) is 11.1 Å². The molecule has 0 fully saturated rings. The summed E-state index contributed by atoms with van der Waals surface area (Å²) in [7, 11) is 0. The minimum absolute atomic E-state index is 0.588. The SMILES string of the molecule is Cc1sc2ncnc(Oc3ccc(-n4cncn4)cc3)c2c1C. The molecule has 0 aliphatic heterocycles. The molecule has 0 unspecified atom stereocenters. The Morgan fingerprint density at radius 2 is 1.87 bits per heavy atom. The van der Waals surface area contributed by atoms with Crippen molar-refractivity contribution in [3.63, 3.8) is 0 Å². The van der Waals surface area contributed by atoms with Gasteiger partial charge >= 0.3 is 0 Å². The highest BCUT2D eigenvalue weighted by atomic mass is 32.1. The van der Waals surface area contributed by atoms with E-state index in [9.17, 15) is 0 Å². The summed E-state index contributed by atoms with van der Waals surface area (Å²) in [6.07, 6.45) is 4.70. The van der Waals surface area contributed by atoms with E-state index in [1.807, 2.05) is 24.3 Å². The van der Waals surface area contributed by atoms with Crippen LogP contribution in [0.1, 0.15) is 10.4 Å². The Bertz CT molecular complexity index is 960. The van der Waals surface area contributed by atoms with E-state index in [0.29, 0.717) is 5.88 Å². The Kier molecular flexibility index (Phi) is 3.27. The van der Waals surface area contributed by atoms with Crippen molar-refractivity contribution in [2.24, 2.45) is 0 Å². The minimum Gasteiger partial charge on any atom is -0.438 e. The molecule has 7 heteroatoms. The molecule has 4 aromatic rings. The smallest absolute Gasteiger partial charge is 0.231 e. The monoisotopic (exact) mass is 323 g/mol. The lowest BCUT2D eigenvalue weighted by atomic mass is 10.2. The molecular weight excluding hydrogens is 310 g/mol. The van der Waals surface area contributed by atoms with Crippen LogP contribution < -0.4 is 4.74 Å². The van der Waals surface area contributed by atoms with Gasteiger partial charge in [-0.15, -0.1) is 11.3 Å². The Hall–Kier alpha value is -2.80. The van der Waals surface area contributed by atoms with Crippen molar-refractivity contribution in [1.29, 1.82) is 0 Å². The van der Waals surface area contributed by atoms with Crippen LogP contribution in [0.3, 0.4) is 0 Å². The molecule has 6 nitrogen and oxygen atoms in total. The average Bonchev–Trinajstić information content (AvgIpc) is 3.18. The second kappa shape index (κ2) is 5.44. The third-order valence-corrected chi connectivity index (χ3v) is 4.78. The molecule has 0 aliphatic rings. The zero-order valence-electron chi connectivity index (χ0n) is 12.6. The van der Waals surface area contributed by atoms with E-state index in [4.69, 9.17) is 4.74 Å². The number of hydrogen-bond acceptors (Lipinski definition) is 6. The number of benzene rings is 1. The molecule has 0 radical (unpaired) electrons. The highest BCUT2D eigenvalue weighted by Crippen LogP contribution is 2.35. The number of hydrogen-bond donors (Lipinski definition) is 0. The van der Waals surface area contributed by atoms with Crippen molar-refractivity contribution in [1.82, 2.24) is 24.7 Å². The van der Waals surface area contributed by atoms with Crippen LogP contribution in [0.15, 0.2) is 43.2 Å². The number of aromatic nitrogens is 5. The number of ether oxygens (including phenoxy) is 1. The maximum atomic E-state index is 5.97. The first-order valence-corrected chi connectivity index (χ1v) is 7.87. The van der Waals surface area contributed by atoms with Crippen molar-refractivity contribution < 1.29 is 4.74 Å². The fourth-order valence-corrected chi connectivity index (χ4v) is 3.34.